The molecule has 100 valence electrons. The van der Waals surface area contributed by atoms with Crippen LogP contribution >= 0.6 is 0 Å². The van der Waals surface area contributed by atoms with Crippen molar-refractivity contribution in [2.24, 2.45) is 0 Å². The van der Waals surface area contributed by atoms with Crippen LogP contribution in [0.5, 0.6) is 0 Å². The van der Waals surface area contributed by atoms with Crippen molar-refractivity contribution in [3.63, 3.8) is 0 Å². The standard InChI is InChI=1S/C12H14N4O3/c17-16(18)9-1-2-11-10(7-9)14-12(19-11)8-15-5-3-13-4-6-15/h1-2,7,13H,3-6,8H2. The Hall–Kier alpha value is -1.99. The lowest BCUT2D eigenvalue weighted by Gasteiger charge is -2.25. The Morgan fingerprint density at radius 2 is 2.21 bits per heavy atom. The molecule has 0 bridgehead atoms. The van der Waals surface area contributed by atoms with Crippen LogP contribution in [0.25, 0.3) is 11.1 Å². The van der Waals surface area contributed by atoms with E-state index >= 15 is 0 Å². The topological polar surface area (TPSA) is 84.4 Å². The fourth-order valence-electron chi connectivity index (χ4n) is 2.21. The predicted molar refractivity (Wildman–Crippen MR) is 68.8 cm³/mol. The first-order valence-electron chi connectivity index (χ1n) is 6.19. The van der Waals surface area contributed by atoms with Gasteiger partial charge in [-0.3, -0.25) is 15.0 Å². The van der Waals surface area contributed by atoms with Crippen LogP contribution < -0.4 is 5.32 Å². The number of hydrogen-bond acceptors (Lipinski definition) is 6. The molecule has 1 aliphatic rings. The zero-order valence-electron chi connectivity index (χ0n) is 10.3. The van der Waals surface area contributed by atoms with Crippen molar-refractivity contribution in [1.29, 1.82) is 0 Å². The molecule has 7 heteroatoms. The van der Waals surface area contributed by atoms with E-state index in [1.54, 1.807) is 6.07 Å². The lowest BCUT2D eigenvalue weighted by atomic mass is 10.3. The Bertz CT molecular complexity index is 604. The molecule has 1 fully saturated rings. The van der Waals surface area contributed by atoms with E-state index < -0.39 is 4.92 Å². The number of aromatic nitrogens is 1. The van der Waals surface area contributed by atoms with Crippen molar-refractivity contribution < 1.29 is 9.34 Å². The fourth-order valence-corrected chi connectivity index (χ4v) is 2.21. The van der Waals surface area contributed by atoms with E-state index in [4.69, 9.17) is 4.42 Å². The number of hydrogen-bond donors (Lipinski definition) is 1. The molecule has 2 heterocycles. The molecule has 1 N–H and O–H groups in total. The zero-order valence-corrected chi connectivity index (χ0v) is 10.3. The molecule has 2 aromatic rings. The van der Waals surface area contributed by atoms with Crippen LogP contribution in [0.4, 0.5) is 5.69 Å². The minimum absolute atomic E-state index is 0.0366. The minimum atomic E-state index is -0.426. The first-order valence-corrected chi connectivity index (χ1v) is 6.19. The Labute approximate surface area is 109 Å². The van der Waals surface area contributed by atoms with Gasteiger partial charge in [-0.25, -0.2) is 4.98 Å². The first kappa shape index (κ1) is 12.1. The van der Waals surface area contributed by atoms with Gasteiger partial charge in [0.25, 0.3) is 5.69 Å². The average molecular weight is 262 g/mol. The summed E-state index contributed by atoms with van der Waals surface area (Å²) in [5, 5.41) is 14.0. The Morgan fingerprint density at radius 3 is 2.95 bits per heavy atom. The van der Waals surface area contributed by atoms with Crippen molar-refractivity contribution >= 4 is 16.8 Å². The highest BCUT2D eigenvalue weighted by atomic mass is 16.6. The number of piperazine rings is 1. The van der Waals surface area contributed by atoms with E-state index in [2.05, 4.69) is 15.2 Å². The predicted octanol–water partition coefficient (Wildman–Crippen LogP) is 1.14. The highest BCUT2D eigenvalue weighted by Gasteiger charge is 2.15. The van der Waals surface area contributed by atoms with E-state index in [0.717, 1.165) is 26.2 Å². The fraction of sp³-hybridized carbons (Fsp3) is 0.417. The highest BCUT2D eigenvalue weighted by Crippen LogP contribution is 2.22. The molecule has 1 saturated heterocycles. The van der Waals surface area contributed by atoms with Gasteiger partial charge in [0, 0.05) is 38.3 Å². The van der Waals surface area contributed by atoms with Crippen LogP contribution in [-0.2, 0) is 6.54 Å². The summed E-state index contributed by atoms with van der Waals surface area (Å²) < 4.78 is 5.61. The van der Waals surface area contributed by atoms with Crippen molar-refractivity contribution in [2.75, 3.05) is 26.2 Å². The van der Waals surface area contributed by atoms with Crippen LogP contribution in [0.3, 0.4) is 0 Å². The third-order valence-corrected chi connectivity index (χ3v) is 3.19. The third kappa shape index (κ3) is 2.56. The molecule has 0 amide bonds. The summed E-state index contributed by atoms with van der Waals surface area (Å²) in [6, 6.07) is 4.48. The van der Waals surface area contributed by atoms with Gasteiger partial charge >= 0.3 is 0 Å². The van der Waals surface area contributed by atoms with Gasteiger partial charge in [-0.05, 0) is 6.07 Å². The van der Waals surface area contributed by atoms with Crippen molar-refractivity contribution in [3.05, 3.63) is 34.2 Å². The van der Waals surface area contributed by atoms with Crippen LogP contribution in [0.2, 0.25) is 0 Å². The van der Waals surface area contributed by atoms with Crippen molar-refractivity contribution in [3.8, 4) is 0 Å². The smallest absolute Gasteiger partial charge is 0.271 e. The number of non-ortho nitro benzene ring substituents is 1. The van der Waals surface area contributed by atoms with Crippen LogP contribution in [0.1, 0.15) is 5.89 Å². The maximum absolute atomic E-state index is 10.7. The number of oxazole rings is 1. The molecule has 0 aliphatic carbocycles. The van der Waals surface area contributed by atoms with E-state index in [9.17, 15) is 10.1 Å². The molecular weight excluding hydrogens is 248 g/mol. The molecule has 0 atom stereocenters. The van der Waals surface area contributed by atoms with Crippen LogP contribution in [0, 0.1) is 10.1 Å². The Kier molecular flexibility index (Phi) is 3.14. The number of rotatable bonds is 3. The molecule has 1 aromatic carbocycles. The summed E-state index contributed by atoms with van der Waals surface area (Å²) in [5.74, 6) is 0.609. The number of nitro groups is 1. The number of nitrogens with one attached hydrogen (secondary N) is 1. The molecule has 0 spiro atoms. The molecule has 0 unspecified atom stereocenters. The molecule has 19 heavy (non-hydrogen) atoms. The summed E-state index contributed by atoms with van der Waals surface area (Å²) in [7, 11) is 0. The molecule has 1 aliphatic heterocycles. The van der Waals surface area contributed by atoms with Crippen molar-refractivity contribution in [1.82, 2.24) is 15.2 Å². The minimum Gasteiger partial charge on any atom is -0.439 e. The quantitative estimate of drug-likeness (QED) is 0.659. The van der Waals surface area contributed by atoms with Gasteiger partial charge in [-0.15, -0.1) is 0 Å². The summed E-state index contributed by atoms with van der Waals surface area (Å²) in [6.07, 6.45) is 0. The van der Waals surface area contributed by atoms with Gasteiger partial charge in [0.15, 0.2) is 5.58 Å². The van der Waals surface area contributed by atoms with E-state index in [0.29, 0.717) is 23.5 Å². The summed E-state index contributed by atoms with van der Waals surface area (Å²) in [5.41, 5.74) is 1.17. The lowest BCUT2D eigenvalue weighted by Crippen LogP contribution is -2.42. The highest BCUT2D eigenvalue weighted by molar-refractivity contribution is 5.75. The molecule has 3 rings (SSSR count). The largest absolute Gasteiger partial charge is 0.439 e. The maximum Gasteiger partial charge on any atom is 0.271 e. The monoisotopic (exact) mass is 262 g/mol. The van der Waals surface area contributed by atoms with Crippen molar-refractivity contribution in [2.45, 2.75) is 6.54 Å². The van der Waals surface area contributed by atoms with Gasteiger partial charge in [0.2, 0.25) is 5.89 Å². The number of benzene rings is 1. The number of fused-ring (bicyclic) bond motifs is 1. The summed E-state index contributed by atoms with van der Waals surface area (Å²) in [6.45, 7) is 4.49. The normalized spacial score (nSPS) is 16.8. The average Bonchev–Trinajstić information content (AvgIpc) is 2.80. The van der Waals surface area contributed by atoms with E-state index in [1.807, 2.05) is 0 Å². The zero-order chi connectivity index (χ0) is 13.2. The van der Waals surface area contributed by atoms with Gasteiger partial charge in [-0.1, -0.05) is 0 Å². The summed E-state index contributed by atoms with van der Waals surface area (Å²) >= 11 is 0. The lowest BCUT2D eigenvalue weighted by molar-refractivity contribution is -0.384. The second-order valence-electron chi connectivity index (χ2n) is 4.54. The molecule has 0 radical (unpaired) electrons. The Balaban J connectivity index is 1.82. The van der Waals surface area contributed by atoms with E-state index in [1.165, 1.54) is 12.1 Å². The third-order valence-electron chi connectivity index (χ3n) is 3.19. The van der Waals surface area contributed by atoms with E-state index in [-0.39, 0.29) is 5.69 Å². The Morgan fingerprint density at radius 1 is 1.42 bits per heavy atom. The molecule has 7 nitrogen and oxygen atoms in total. The first-order chi connectivity index (χ1) is 9.22. The van der Waals surface area contributed by atoms with Gasteiger partial charge in [0.05, 0.1) is 11.5 Å². The second-order valence-corrected chi connectivity index (χ2v) is 4.54. The van der Waals surface area contributed by atoms with Gasteiger partial charge in [-0.2, -0.15) is 0 Å². The maximum atomic E-state index is 10.7. The van der Waals surface area contributed by atoms with Crippen LogP contribution in [-0.4, -0.2) is 41.0 Å². The van der Waals surface area contributed by atoms with Gasteiger partial charge in [0.1, 0.15) is 5.52 Å². The molecular formula is C12H14N4O3. The number of nitrogens with zero attached hydrogens (tertiary/aromatic N) is 3. The second kappa shape index (κ2) is 4.94. The van der Waals surface area contributed by atoms with Crippen LogP contribution in [0.15, 0.2) is 22.6 Å². The SMILES string of the molecule is O=[N+]([O-])c1ccc2oc(CN3CCNCC3)nc2c1. The molecule has 1 aromatic heterocycles. The number of nitro benzene ring substituents is 1. The molecule has 0 saturated carbocycles. The summed E-state index contributed by atoms with van der Waals surface area (Å²) in [4.78, 5) is 16.8. The van der Waals surface area contributed by atoms with Gasteiger partial charge < -0.3 is 9.73 Å².